The number of H-pyrrole nitrogens is 1. The fraction of sp³-hybridized carbons (Fsp3) is 0.0909. The maximum Gasteiger partial charge on any atom is 0.449 e. The molecule has 2 rings (SSSR count). The molecule has 8 heteroatoms. The van der Waals surface area contributed by atoms with Crippen LogP contribution >= 0.6 is 23.8 Å². The van der Waals surface area contributed by atoms with Gasteiger partial charge >= 0.3 is 6.18 Å². The highest BCUT2D eigenvalue weighted by molar-refractivity contribution is 7.71. The molecule has 1 N–H and O–H groups in total. The van der Waals surface area contributed by atoms with Crippen molar-refractivity contribution in [3.63, 3.8) is 0 Å². The van der Waals surface area contributed by atoms with Crippen LogP contribution in [0.1, 0.15) is 5.82 Å². The first kappa shape index (κ1) is 14.0. The van der Waals surface area contributed by atoms with Gasteiger partial charge in [-0.1, -0.05) is 23.8 Å². The molecule has 0 bridgehead atoms. The number of alkyl halides is 3. The van der Waals surface area contributed by atoms with Gasteiger partial charge in [-0.3, -0.25) is 0 Å². The van der Waals surface area contributed by atoms with Crippen LogP contribution in [0.4, 0.5) is 17.6 Å². The lowest BCUT2D eigenvalue weighted by Crippen LogP contribution is -2.11. The number of nitrogens with zero attached hydrogens (tertiary/aromatic N) is 1. The van der Waals surface area contributed by atoms with Crippen molar-refractivity contribution >= 4 is 23.8 Å². The number of aromatic nitrogens is 2. The molecule has 1 aromatic heterocycles. The fourth-order valence-corrected chi connectivity index (χ4v) is 1.92. The molecule has 100 valence electrons. The normalized spacial score (nSPS) is 11.6. The number of rotatable bonds is 1. The standard InChI is InChI=1S/C11H5ClF4N2S/c12-7-3-5(13)1-2-6(7)8-4-9(19)18-10(17-8)11(14,15)16/h1-4H,(H,17,18,19). The van der Waals surface area contributed by atoms with E-state index in [4.69, 9.17) is 11.6 Å². The molecule has 0 fully saturated rings. The summed E-state index contributed by atoms with van der Waals surface area (Å²) in [6.45, 7) is 0. The SMILES string of the molecule is Fc1ccc(-c2cc(=S)nc(C(F)(F)F)[nH]2)c(Cl)c1. The first-order valence-corrected chi connectivity index (χ1v) is 5.70. The molecule has 0 amide bonds. The molecule has 0 spiro atoms. The summed E-state index contributed by atoms with van der Waals surface area (Å²) in [4.78, 5) is 5.29. The van der Waals surface area contributed by atoms with Crippen molar-refractivity contribution in [2.24, 2.45) is 0 Å². The van der Waals surface area contributed by atoms with E-state index in [0.717, 1.165) is 12.1 Å². The van der Waals surface area contributed by atoms with Crippen molar-refractivity contribution in [1.29, 1.82) is 0 Å². The Morgan fingerprint density at radius 1 is 1.21 bits per heavy atom. The number of aromatic amines is 1. The quantitative estimate of drug-likeness (QED) is 0.615. The molecule has 1 aromatic carbocycles. The Kier molecular flexibility index (Phi) is 3.60. The molecule has 0 atom stereocenters. The van der Waals surface area contributed by atoms with Gasteiger partial charge in [-0.05, 0) is 24.3 Å². The minimum Gasteiger partial charge on any atom is -0.335 e. The van der Waals surface area contributed by atoms with Crippen LogP contribution in [0.3, 0.4) is 0 Å². The second-order valence-corrected chi connectivity index (χ2v) is 4.43. The number of benzene rings is 1. The van der Waals surface area contributed by atoms with E-state index in [9.17, 15) is 17.6 Å². The summed E-state index contributed by atoms with van der Waals surface area (Å²) in [6, 6.07) is 4.58. The topological polar surface area (TPSA) is 28.7 Å². The summed E-state index contributed by atoms with van der Waals surface area (Å²) in [7, 11) is 0. The Labute approximate surface area is 115 Å². The highest BCUT2D eigenvalue weighted by Gasteiger charge is 2.34. The summed E-state index contributed by atoms with van der Waals surface area (Å²) >= 11 is 10.5. The van der Waals surface area contributed by atoms with E-state index in [2.05, 4.69) is 22.2 Å². The van der Waals surface area contributed by atoms with Crippen LogP contribution in [-0.2, 0) is 6.18 Å². The molecular weight excluding hydrogens is 304 g/mol. The highest BCUT2D eigenvalue weighted by atomic mass is 35.5. The molecule has 19 heavy (non-hydrogen) atoms. The summed E-state index contributed by atoms with van der Waals surface area (Å²) in [6.07, 6.45) is -4.66. The molecule has 0 unspecified atom stereocenters. The Morgan fingerprint density at radius 2 is 1.89 bits per heavy atom. The average Bonchev–Trinajstić information content (AvgIpc) is 2.26. The van der Waals surface area contributed by atoms with Crippen LogP contribution in [0.15, 0.2) is 24.3 Å². The van der Waals surface area contributed by atoms with E-state index in [1.165, 1.54) is 12.1 Å². The predicted octanol–water partition coefficient (Wildman–Crippen LogP) is 4.62. The zero-order chi connectivity index (χ0) is 14.2. The molecule has 0 saturated heterocycles. The van der Waals surface area contributed by atoms with Crippen LogP contribution < -0.4 is 0 Å². The molecule has 2 aromatic rings. The summed E-state index contributed by atoms with van der Waals surface area (Å²) < 4.78 is 50.5. The molecule has 0 radical (unpaired) electrons. The summed E-state index contributed by atoms with van der Waals surface area (Å²) in [5, 5.41) is -0.0232. The van der Waals surface area contributed by atoms with E-state index in [0.29, 0.717) is 0 Å². The Hall–Kier alpha value is -1.47. The van der Waals surface area contributed by atoms with Gasteiger partial charge in [0.05, 0.1) is 10.7 Å². The number of nitrogens with one attached hydrogen (secondary N) is 1. The van der Waals surface area contributed by atoms with Crippen molar-refractivity contribution in [1.82, 2.24) is 9.97 Å². The lowest BCUT2D eigenvalue weighted by atomic mass is 10.1. The van der Waals surface area contributed by atoms with E-state index in [-0.39, 0.29) is 20.9 Å². The molecule has 0 aliphatic rings. The van der Waals surface area contributed by atoms with Gasteiger partial charge in [-0.25, -0.2) is 9.37 Å². The Balaban J connectivity index is 2.63. The summed E-state index contributed by atoms with van der Waals surface area (Å²) in [5.74, 6) is -1.81. The maximum absolute atomic E-state index is 12.9. The smallest absolute Gasteiger partial charge is 0.335 e. The molecular formula is C11H5ClF4N2S. The maximum atomic E-state index is 12.9. The van der Waals surface area contributed by atoms with Crippen molar-refractivity contribution in [2.75, 3.05) is 0 Å². The van der Waals surface area contributed by atoms with Gasteiger partial charge in [0.15, 0.2) is 0 Å². The number of halogens is 5. The van der Waals surface area contributed by atoms with E-state index < -0.39 is 17.8 Å². The third kappa shape index (κ3) is 3.10. The van der Waals surface area contributed by atoms with Crippen LogP contribution in [0, 0.1) is 10.5 Å². The fourth-order valence-electron chi connectivity index (χ4n) is 1.44. The van der Waals surface area contributed by atoms with Crippen LogP contribution in [0.2, 0.25) is 5.02 Å². The predicted molar refractivity (Wildman–Crippen MR) is 64.8 cm³/mol. The number of hydrogen-bond donors (Lipinski definition) is 1. The van der Waals surface area contributed by atoms with E-state index in [1.807, 2.05) is 0 Å². The molecule has 0 saturated carbocycles. The lowest BCUT2D eigenvalue weighted by Gasteiger charge is -2.09. The monoisotopic (exact) mass is 308 g/mol. The third-order valence-electron chi connectivity index (χ3n) is 2.23. The molecule has 0 aliphatic carbocycles. The van der Waals surface area contributed by atoms with Gasteiger partial charge in [0.1, 0.15) is 10.5 Å². The molecule has 2 nitrogen and oxygen atoms in total. The van der Waals surface area contributed by atoms with Gasteiger partial charge in [0.25, 0.3) is 0 Å². The third-order valence-corrected chi connectivity index (χ3v) is 2.75. The lowest BCUT2D eigenvalue weighted by molar-refractivity contribution is -0.144. The Bertz CT molecular complexity index is 681. The minimum absolute atomic E-state index is 0.0232. The Morgan fingerprint density at radius 3 is 2.47 bits per heavy atom. The van der Waals surface area contributed by atoms with Gasteiger partial charge in [-0.15, -0.1) is 0 Å². The molecule has 0 aliphatic heterocycles. The second kappa shape index (κ2) is 4.90. The van der Waals surface area contributed by atoms with Crippen molar-refractivity contribution < 1.29 is 17.6 Å². The largest absolute Gasteiger partial charge is 0.449 e. The van der Waals surface area contributed by atoms with Crippen LogP contribution in [0.25, 0.3) is 11.3 Å². The van der Waals surface area contributed by atoms with E-state index in [1.54, 1.807) is 0 Å². The number of hydrogen-bond acceptors (Lipinski definition) is 2. The average molecular weight is 309 g/mol. The van der Waals surface area contributed by atoms with Gasteiger partial charge < -0.3 is 4.98 Å². The first-order valence-electron chi connectivity index (χ1n) is 4.91. The minimum atomic E-state index is -4.66. The van der Waals surface area contributed by atoms with E-state index >= 15 is 0 Å². The van der Waals surface area contributed by atoms with Crippen molar-refractivity contribution in [3.8, 4) is 11.3 Å². The van der Waals surface area contributed by atoms with Crippen LogP contribution in [0.5, 0.6) is 0 Å². The van der Waals surface area contributed by atoms with Gasteiger partial charge in [0.2, 0.25) is 5.82 Å². The van der Waals surface area contributed by atoms with Crippen LogP contribution in [-0.4, -0.2) is 9.97 Å². The first-order chi connectivity index (χ1) is 8.77. The zero-order valence-electron chi connectivity index (χ0n) is 9.05. The summed E-state index contributed by atoms with van der Waals surface area (Å²) in [5.41, 5.74) is 0.236. The van der Waals surface area contributed by atoms with Crippen molar-refractivity contribution in [2.45, 2.75) is 6.18 Å². The van der Waals surface area contributed by atoms with Gasteiger partial charge in [-0.2, -0.15) is 13.2 Å². The second-order valence-electron chi connectivity index (χ2n) is 3.60. The zero-order valence-corrected chi connectivity index (χ0v) is 10.6. The highest BCUT2D eigenvalue weighted by Crippen LogP contribution is 2.31. The van der Waals surface area contributed by atoms with Crippen molar-refractivity contribution in [3.05, 3.63) is 45.6 Å². The van der Waals surface area contributed by atoms with Gasteiger partial charge in [0, 0.05) is 5.56 Å². The molecule has 1 heterocycles.